The molecule has 0 unspecified atom stereocenters. The van der Waals surface area contributed by atoms with Crippen molar-refractivity contribution >= 4 is 16.2 Å². The zero-order valence-electron chi connectivity index (χ0n) is 10.3. The summed E-state index contributed by atoms with van der Waals surface area (Å²) in [6.07, 6.45) is 0.678. The second kappa shape index (κ2) is 5.39. The topological polar surface area (TPSA) is 43.4 Å². The third kappa shape index (κ3) is 3.47. The molecule has 0 bridgehead atoms. The van der Waals surface area contributed by atoms with Gasteiger partial charge in [0.15, 0.2) is 11.6 Å². The Labute approximate surface area is 111 Å². The van der Waals surface area contributed by atoms with Gasteiger partial charge in [-0.25, -0.2) is 8.78 Å². The minimum atomic E-state index is -5.84. The van der Waals surface area contributed by atoms with E-state index in [2.05, 4.69) is 4.18 Å². The number of rotatable bonds is 3. The fourth-order valence-corrected chi connectivity index (χ4v) is 1.78. The molecule has 1 aromatic rings. The van der Waals surface area contributed by atoms with Gasteiger partial charge in [-0.05, 0) is 31.6 Å². The lowest BCUT2D eigenvalue weighted by molar-refractivity contribution is -0.0521. The molecule has 0 aliphatic rings. The summed E-state index contributed by atoms with van der Waals surface area (Å²) in [5.74, 6) is -3.26. The molecular formula is C11H9F5O3S. The van der Waals surface area contributed by atoms with Crippen molar-refractivity contribution in [3.63, 3.8) is 0 Å². The van der Waals surface area contributed by atoms with Gasteiger partial charge in [-0.15, -0.1) is 0 Å². The number of aryl methyl sites for hydroxylation is 1. The summed E-state index contributed by atoms with van der Waals surface area (Å²) < 4.78 is 87.9. The molecule has 0 N–H and O–H groups in total. The predicted octanol–water partition coefficient (Wildman–Crippen LogP) is 3.50. The number of hydrogen-bond acceptors (Lipinski definition) is 3. The summed E-state index contributed by atoms with van der Waals surface area (Å²) in [4.78, 5) is 0. The van der Waals surface area contributed by atoms with Gasteiger partial charge in [-0.3, -0.25) is 0 Å². The Morgan fingerprint density at radius 3 is 2.30 bits per heavy atom. The Morgan fingerprint density at radius 2 is 1.80 bits per heavy atom. The fraction of sp³-hybridized carbons (Fsp3) is 0.273. The molecule has 0 atom stereocenters. The lowest BCUT2D eigenvalue weighted by atomic mass is 10.1. The molecule has 0 spiro atoms. The van der Waals surface area contributed by atoms with E-state index >= 15 is 0 Å². The summed E-state index contributed by atoms with van der Waals surface area (Å²) in [5, 5.41) is 0. The first-order chi connectivity index (χ1) is 8.95. The zero-order valence-corrected chi connectivity index (χ0v) is 11.1. The van der Waals surface area contributed by atoms with Gasteiger partial charge in [0, 0.05) is 5.56 Å². The molecule has 0 amide bonds. The average molecular weight is 316 g/mol. The minimum Gasteiger partial charge on any atom is -0.381 e. The fourth-order valence-electron chi connectivity index (χ4n) is 1.29. The van der Waals surface area contributed by atoms with Crippen molar-refractivity contribution in [3.8, 4) is 0 Å². The normalized spacial score (nSPS) is 13.4. The summed E-state index contributed by atoms with van der Waals surface area (Å²) in [7, 11) is -5.84. The van der Waals surface area contributed by atoms with Crippen LogP contribution in [-0.2, 0) is 14.3 Å². The molecule has 0 saturated heterocycles. The average Bonchev–Trinajstić information content (AvgIpc) is 2.27. The molecule has 0 heterocycles. The van der Waals surface area contributed by atoms with Crippen LogP contribution in [-0.4, -0.2) is 13.9 Å². The van der Waals surface area contributed by atoms with E-state index in [1.54, 1.807) is 0 Å². The highest BCUT2D eigenvalue weighted by molar-refractivity contribution is 7.87. The van der Waals surface area contributed by atoms with Gasteiger partial charge in [0.25, 0.3) is 0 Å². The molecule has 9 heteroatoms. The van der Waals surface area contributed by atoms with Crippen molar-refractivity contribution in [1.82, 2.24) is 0 Å². The van der Waals surface area contributed by atoms with Crippen LogP contribution in [0.4, 0.5) is 22.0 Å². The van der Waals surface area contributed by atoms with Crippen LogP contribution in [0.15, 0.2) is 17.9 Å². The van der Waals surface area contributed by atoms with Crippen LogP contribution in [0.1, 0.15) is 18.1 Å². The van der Waals surface area contributed by atoms with Crippen LogP contribution in [0.5, 0.6) is 0 Å². The first-order valence-corrected chi connectivity index (χ1v) is 6.50. The molecule has 3 nitrogen and oxygen atoms in total. The summed E-state index contributed by atoms with van der Waals surface area (Å²) in [5.41, 5.74) is -5.78. The van der Waals surface area contributed by atoms with E-state index in [0.29, 0.717) is 6.08 Å². The predicted molar refractivity (Wildman–Crippen MR) is 60.8 cm³/mol. The number of hydrogen-bond donors (Lipinski definition) is 0. The molecule has 0 radical (unpaired) electrons. The highest BCUT2D eigenvalue weighted by Crippen LogP contribution is 2.27. The van der Waals surface area contributed by atoms with Crippen molar-refractivity contribution in [1.29, 1.82) is 0 Å². The van der Waals surface area contributed by atoms with Gasteiger partial charge < -0.3 is 4.18 Å². The molecule has 1 rings (SSSR count). The van der Waals surface area contributed by atoms with E-state index in [1.165, 1.54) is 13.0 Å². The lowest BCUT2D eigenvalue weighted by Crippen LogP contribution is -2.24. The quantitative estimate of drug-likeness (QED) is 0.371. The molecule has 112 valence electrons. The smallest absolute Gasteiger partial charge is 0.381 e. The van der Waals surface area contributed by atoms with Crippen LogP contribution in [0.25, 0.3) is 6.08 Å². The Morgan fingerprint density at radius 1 is 1.25 bits per heavy atom. The van der Waals surface area contributed by atoms with E-state index < -0.39 is 33.0 Å². The van der Waals surface area contributed by atoms with E-state index in [9.17, 15) is 30.4 Å². The number of halogens is 5. The third-order valence-electron chi connectivity index (χ3n) is 2.22. The SMILES string of the molecule is C/C(=C\c1c(C)ccc(F)c1F)OS(=O)(=O)C(F)(F)F. The number of allylic oxidation sites excluding steroid dienone is 1. The van der Waals surface area contributed by atoms with Crippen molar-refractivity contribution in [2.45, 2.75) is 19.4 Å². The highest BCUT2D eigenvalue weighted by Gasteiger charge is 2.48. The maximum Gasteiger partial charge on any atom is 0.534 e. The monoisotopic (exact) mass is 316 g/mol. The number of alkyl halides is 3. The van der Waals surface area contributed by atoms with Crippen LogP contribution < -0.4 is 0 Å². The highest BCUT2D eigenvalue weighted by atomic mass is 32.2. The zero-order chi connectivity index (χ0) is 15.7. The summed E-state index contributed by atoms with van der Waals surface area (Å²) >= 11 is 0. The van der Waals surface area contributed by atoms with Crippen molar-refractivity contribution in [2.75, 3.05) is 0 Å². The second-order valence-corrected chi connectivity index (χ2v) is 5.37. The van der Waals surface area contributed by atoms with Gasteiger partial charge in [-0.1, -0.05) is 6.07 Å². The van der Waals surface area contributed by atoms with Gasteiger partial charge in [0.1, 0.15) is 5.76 Å². The molecule has 20 heavy (non-hydrogen) atoms. The largest absolute Gasteiger partial charge is 0.534 e. The van der Waals surface area contributed by atoms with E-state index in [-0.39, 0.29) is 11.1 Å². The van der Waals surface area contributed by atoms with Crippen LogP contribution in [0, 0.1) is 18.6 Å². The summed E-state index contributed by atoms with van der Waals surface area (Å²) in [6.45, 7) is 2.26. The third-order valence-corrected chi connectivity index (χ3v) is 3.27. The lowest BCUT2D eigenvalue weighted by Gasteiger charge is -2.10. The number of benzene rings is 1. The van der Waals surface area contributed by atoms with Crippen molar-refractivity contribution in [3.05, 3.63) is 40.7 Å². The molecule has 1 aromatic carbocycles. The maximum absolute atomic E-state index is 13.4. The van der Waals surface area contributed by atoms with Crippen LogP contribution in [0.3, 0.4) is 0 Å². The maximum atomic E-state index is 13.4. The molecule has 0 fully saturated rings. The van der Waals surface area contributed by atoms with E-state index in [0.717, 1.165) is 13.0 Å². The van der Waals surface area contributed by atoms with Gasteiger partial charge in [-0.2, -0.15) is 21.6 Å². The van der Waals surface area contributed by atoms with Crippen molar-refractivity contribution in [2.24, 2.45) is 0 Å². The molecule has 0 aliphatic carbocycles. The van der Waals surface area contributed by atoms with Crippen LogP contribution in [0.2, 0.25) is 0 Å². The van der Waals surface area contributed by atoms with Gasteiger partial charge >= 0.3 is 15.6 Å². The van der Waals surface area contributed by atoms with E-state index in [1.807, 2.05) is 0 Å². The standard InChI is InChI=1S/C11H9F5O3S/c1-6-3-4-9(12)10(13)8(6)5-7(2)19-20(17,18)11(14,15)16/h3-5H,1-2H3/b7-5+. The molecule has 0 aromatic heterocycles. The van der Waals surface area contributed by atoms with E-state index in [4.69, 9.17) is 0 Å². The first-order valence-electron chi connectivity index (χ1n) is 5.09. The van der Waals surface area contributed by atoms with Crippen molar-refractivity contribution < 1.29 is 34.6 Å². The Bertz CT molecular complexity index is 647. The Hall–Kier alpha value is -1.64. The Balaban J connectivity index is 3.18. The first kappa shape index (κ1) is 16.4. The second-order valence-electron chi connectivity index (χ2n) is 3.83. The van der Waals surface area contributed by atoms with Gasteiger partial charge in [0.05, 0.1) is 0 Å². The molecule has 0 aliphatic heterocycles. The summed E-state index contributed by atoms with van der Waals surface area (Å²) in [6, 6.07) is 2.03. The van der Waals surface area contributed by atoms with Gasteiger partial charge in [0.2, 0.25) is 0 Å². The molecular weight excluding hydrogens is 307 g/mol. The minimum absolute atomic E-state index is 0.205. The molecule has 0 saturated carbocycles. The Kier molecular flexibility index (Phi) is 4.42. The van der Waals surface area contributed by atoms with Crippen LogP contribution >= 0.6 is 0 Å².